The summed E-state index contributed by atoms with van der Waals surface area (Å²) >= 11 is 0. The molecule has 1 saturated heterocycles. The Hall–Kier alpha value is -1.70. The lowest BCUT2D eigenvalue weighted by Gasteiger charge is -2.17. The van der Waals surface area contributed by atoms with Crippen molar-refractivity contribution in [1.82, 2.24) is 0 Å². The van der Waals surface area contributed by atoms with Gasteiger partial charge in [0.05, 0.1) is 12.9 Å². The predicted octanol–water partition coefficient (Wildman–Crippen LogP) is 1.49. The number of hydrogen-bond donors (Lipinski definition) is 0. The standard InChI is InChI=1S/C12H13F2NO4S/c1-19-11-3-2-9(5-10(11)13)15-6-8(4-12(15)16)7-20(14,17)18/h2-3,5,8H,4,6-7H2,1H3. The number of halogens is 2. The highest BCUT2D eigenvalue weighted by atomic mass is 32.3. The molecule has 0 radical (unpaired) electrons. The van der Waals surface area contributed by atoms with Crippen LogP contribution in [0.5, 0.6) is 5.75 Å². The molecule has 20 heavy (non-hydrogen) atoms. The summed E-state index contributed by atoms with van der Waals surface area (Å²) < 4.78 is 52.2. The fraction of sp³-hybridized carbons (Fsp3) is 0.417. The van der Waals surface area contributed by atoms with Gasteiger partial charge in [-0.3, -0.25) is 4.79 Å². The molecule has 1 aromatic carbocycles. The van der Waals surface area contributed by atoms with E-state index in [2.05, 4.69) is 0 Å². The molecule has 1 aromatic rings. The van der Waals surface area contributed by atoms with E-state index in [9.17, 15) is 21.5 Å². The largest absolute Gasteiger partial charge is 0.494 e. The van der Waals surface area contributed by atoms with E-state index in [1.165, 1.54) is 24.1 Å². The number of anilines is 1. The number of carbonyl (C=O) groups is 1. The average molecular weight is 305 g/mol. The minimum atomic E-state index is -4.63. The molecule has 0 spiro atoms. The number of rotatable bonds is 4. The monoisotopic (exact) mass is 305 g/mol. The van der Waals surface area contributed by atoms with Gasteiger partial charge in [-0.2, -0.15) is 8.42 Å². The smallest absolute Gasteiger partial charge is 0.302 e. The molecule has 0 aliphatic carbocycles. The zero-order valence-electron chi connectivity index (χ0n) is 10.7. The molecule has 2 rings (SSSR count). The molecule has 1 aliphatic heterocycles. The van der Waals surface area contributed by atoms with Crippen LogP contribution in [0.2, 0.25) is 0 Å². The van der Waals surface area contributed by atoms with E-state index in [1.54, 1.807) is 0 Å². The Morgan fingerprint density at radius 1 is 1.45 bits per heavy atom. The van der Waals surface area contributed by atoms with E-state index in [-0.39, 0.29) is 24.6 Å². The minimum Gasteiger partial charge on any atom is -0.494 e. The average Bonchev–Trinajstić information content (AvgIpc) is 2.67. The van der Waals surface area contributed by atoms with Crippen LogP contribution < -0.4 is 9.64 Å². The van der Waals surface area contributed by atoms with Crippen molar-refractivity contribution in [3.8, 4) is 5.75 Å². The molecular weight excluding hydrogens is 292 g/mol. The summed E-state index contributed by atoms with van der Waals surface area (Å²) in [5, 5.41) is 0. The molecule has 0 aromatic heterocycles. The zero-order valence-corrected chi connectivity index (χ0v) is 11.5. The maximum absolute atomic E-state index is 13.6. The fourth-order valence-electron chi connectivity index (χ4n) is 2.25. The van der Waals surface area contributed by atoms with Crippen molar-refractivity contribution in [3.63, 3.8) is 0 Å². The highest BCUT2D eigenvalue weighted by Crippen LogP contribution is 2.29. The van der Waals surface area contributed by atoms with E-state index in [0.717, 1.165) is 6.07 Å². The molecule has 0 N–H and O–H groups in total. The van der Waals surface area contributed by atoms with Gasteiger partial charge in [0.25, 0.3) is 0 Å². The molecule has 110 valence electrons. The molecule has 1 unspecified atom stereocenters. The van der Waals surface area contributed by atoms with Gasteiger partial charge in [0, 0.05) is 30.6 Å². The Labute approximate surface area is 115 Å². The predicted molar refractivity (Wildman–Crippen MR) is 68.3 cm³/mol. The maximum atomic E-state index is 13.6. The fourth-order valence-corrected chi connectivity index (χ4v) is 3.03. The lowest BCUT2D eigenvalue weighted by molar-refractivity contribution is -0.117. The van der Waals surface area contributed by atoms with Gasteiger partial charge < -0.3 is 9.64 Å². The molecule has 5 nitrogen and oxygen atoms in total. The summed E-state index contributed by atoms with van der Waals surface area (Å²) in [5.74, 6) is -2.26. The van der Waals surface area contributed by atoms with Crippen LogP contribution in [0.3, 0.4) is 0 Å². The second-order valence-corrected chi connectivity index (χ2v) is 6.01. The molecule has 8 heteroatoms. The molecule has 0 bridgehead atoms. The number of carbonyl (C=O) groups excluding carboxylic acids is 1. The summed E-state index contributed by atoms with van der Waals surface area (Å²) in [7, 11) is -3.31. The van der Waals surface area contributed by atoms with E-state index in [4.69, 9.17) is 4.74 Å². The van der Waals surface area contributed by atoms with Gasteiger partial charge in [-0.25, -0.2) is 4.39 Å². The van der Waals surface area contributed by atoms with Gasteiger partial charge in [0.1, 0.15) is 0 Å². The van der Waals surface area contributed by atoms with Crippen LogP contribution in [0.4, 0.5) is 14.0 Å². The number of ether oxygens (including phenoxy) is 1. The third-order valence-electron chi connectivity index (χ3n) is 3.09. The van der Waals surface area contributed by atoms with Gasteiger partial charge in [-0.1, -0.05) is 0 Å². The quantitative estimate of drug-likeness (QED) is 0.791. The van der Waals surface area contributed by atoms with Crippen LogP contribution in [0.1, 0.15) is 6.42 Å². The van der Waals surface area contributed by atoms with Gasteiger partial charge in [0.15, 0.2) is 11.6 Å². The van der Waals surface area contributed by atoms with Gasteiger partial charge >= 0.3 is 10.2 Å². The first-order chi connectivity index (χ1) is 9.30. The molecule has 0 saturated carbocycles. The number of amides is 1. The van der Waals surface area contributed by atoms with Crippen LogP contribution >= 0.6 is 0 Å². The Kier molecular flexibility index (Phi) is 3.94. The van der Waals surface area contributed by atoms with Crippen LogP contribution in [0.25, 0.3) is 0 Å². The van der Waals surface area contributed by atoms with Crippen molar-refractivity contribution in [2.45, 2.75) is 6.42 Å². The number of benzene rings is 1. The third kappa shape index (κ3) is 3.24. The molecule has 1 fully saturated rings. The first-order valence-corrected chi connectivity index (χ1v) is 7.41. The van der Waals surface area contributed by atoms with Gasteiger partial charge in [-0.15, -0.1) is 3.89 Å². The first kappa shape index (κ1) is 14.7. The van der Waals surface area contributed by atoms with Crippen LogP contribution in [-0.4, -0.2) is 33.7 Å². The van der Waals surface area contributed by atoms with E-state index in [1.807, 2.05) is 0 Å². The maximum Gasteiger partial charge on any atom is 0.302 e. The molecule has 1 heterocycles. The van der Waals surface area contributed by atoms with E-state index >= 15 is 0 Å². The summed E-state index contributed by atoms with van der Waals surface area (Å²) in [6.07, 6.45) is -0.0726. The molecule has 1 amide bonds. The highest BCUT2D eigenvalue weighted by molar-refractivity contribution is 7.86. The van der Waals surface area contributed by atoms with E-state index in [0.29, 0.717) is 5.69 Å². The Morgan fingerprint density at radius 3 is 2.70 bits per heavy atom. The normalized spacial score (nSPS) is 19.4. The van der Waals surface area contributed by atoms with Crippen molar-refractivity contribution in [2.24, 2.45) is 5.92 Å². The number of hydrogen-bond acceptors (Lipinski definition) is 4. The lowest BCUT2D eigenvalue weighted by Crippen LogP contribution is -2.25. The van der Waals surface area contributed by atoms with Crippen molar-refractivity contribution >= 4 is 21.8 Å². The summed E-state index contributed by atoms with van der Waals surface area (Å²) in [6.45, 7) is 0.0494. The minimum absolute atomic E-state index is 0.0447. The zero-order chi connectivity index (χ0) is 14.9. The summed E-state index contributed by atoms with van der Waals surface area (Å²) in [6, 6.07) is 3.99. The van der Waals surface area contributed by atoms with Gasteiger partial charge in [0.2, 0.25) is 5.91 Å². The number of methoxy groups -OCH3 is 1. The van der Waals surface area contributed by atoms with Crippen molar-refractivity contribution in [3.05, 3.63) is 24.0 Å². The lowest BCUT2D eigenvalue weighted by atomic mass is 10.1. The summed E-state index contributed by atoms with van der Waals surface area (Å²) in [5.41, 5.74) is 0.298. The second kappa shape index (κ2) is 5.35. The Balaban J connectivity index is 2.18. The Morgan fingerprint density at radius 2 is 2.15 bits per heavy atom. The topological polar surface area (TPSA) is 63.7 Å². The Bertz CT molecular complexity index is 632. The van der Waals surface area contributed by atoms with Crippen molar-refractivity contribution in [1.29, 1.82) is 0 Å². The van der Waals surface area contributed by atoms with Crippen LogP contribution in [0, 0.1) is 11.7 Å². The highest BCUT2D eigenvalue weighted by Gasteiger charge is 2.33. The molecule has 1 atom stereocenters. The second-order valence-electron chi connectivity index (χ2n) is 4.60. The summed E-state index contributed by atoms with van der Waals surface area (Å²) in [4.78, 5) is 13.0. The van der Waals surface area contributed by atoms with Crippen LogP contribution in [0.15, 0.2) is 18.2 Å². The third-order valence-corrected chi connectivity index (χ3v) is 3.96. The van der Waals surface area contributed by atoms with Gasteiger partial charge in [-0.05, 0) is 12.1 Å². The van der Waals surface area contributed by atoms with Crippen LogP contribution in [-0.2, 0) is 15.0 Å². The van der Waals surface area contributed by atoms with Crippen molar-refractivity contribution < 1.29 is 26.2 Å². The number of nitrogens with zero attached hydrogens (tertiary/aromatic N) is 1. The molecular formula is C12H13F2NO4S. The van der Waals surface area contributed by atoms with Crippen molar-refractivity contribution in [2.75, 3.05) is 24.3 Å². The SMILES string of the molecule is COc1ccc(N2CC(CS(=O)(=O)F)CC2=O)cc1F. The molecule has 1 aliphatic rings. The van der Waals surface area contributed by atoms with E-state index < -0.39 is 27.7 Å². The first-order valence-electron chi connectivity index (χ1n) is 5.86.